The van der Waals surface area contributed by atoms with E-state index in [1.54, 1.807) is 24.3 Å². The Kier molecular flexibility index (Phi) is 5.64. The molecule has 3 aromatic rings. The van der Waals surface area contributed by atoms with Gasteiger partial charge < -0.3 is 10.1 Å². The average Bonchev–Trinajstić information content (AvgIpc) is 2.73. The van der Waals surface area contributed by atoms with Crippen molar-refractivity contribution in [2.45, 2.75) is 19.3 Å². The topological polar surface area (TPSA) is 50.3 Å². The van der Waals surface area contributed by atoms with Crippen LogP contribution in [0.3, 0.4) is 0 Å². The van der Waals surface area contributed by atoms with Crippen LogP contribution in [0.2, 0.25) is 0 Å². The molecule has 1 N–H and O–H groups in total. The zero-order chi connectivity index (χ0) is 20.3. The van der Waals surface area contributed by atoms with Gasteiger partial charge in [0.2, 0.25) is 5.82 Å². The summed E-state index contributed by atoms with van der Waals surface area (Å²) >= 11 is 0. The number of halogens is 3. The number of anilines is 1. The second-order valence-corrected chi connectivity index (χ2v) is 6.92. The molecular formula is C21H21F3N4O. The van der Waals surface area contributed by atoms with Crippen LogP contribution in [0.1, 0.15) is 17.0 Å². The Morgan fingerprint density at radius 2 is 1.62 bits per heavy atom. The summed E-state index contributed by atoms with van der Waals surface area (Å²) in [7, 11) is 0. The molecule has 0 amide bonds. The van der Waals surface area contributed by atoms with E-state index >= 15 is 0 Å². The van der Waals surface area contributed by atoms with E-state index in [4.69, 9.17) is 4.74 Å². The number of fused-ring (bicyclic) bond motifs is 1. The van der Waals surface area contributed by atoms with Gasteiger partial charge in [0, 0.05) is 31.6 Å². The van der Waals surface area contributed by atoms with Crippen LogP contribution in [-0.4, -0.2) is 41.2 Å². The maximum atomic E-state index is 13.2. The van der Waals surface area contributed by atoms with Crippen molar-refractivity contribution in [1.29, 1.82) is 0 Å². The van der Waals surface area contributed by atoms with Crippen molar-refractivity contribution in [2.24, 2.45) is 0 Å². The number of hydrogen-bond acceptors (Lipinski definition) is 5. The van der Waals surface area contributed by atoms with Crippen molar-refractivity contribution in [2.75, 3.05) is 31.6 Å². The van der Waals surface area contributed by atoms with Crippen molar-refractivity contribution in [3.63, 3.8) is 0 Å². The maximum Gasteiger partial charge on any atom is 0.451 e. The van der Waals surface area contributed by atoms with E-state index in [-0.39, 0.29) is 11.3 Å². The van der Waals surface area contributed by atoms with Crippen LogP contribution in [0.4, 0.5) is 19.0 Å². The third-order valence-corrected chi connectivity index (χ3v) is 4.92. The fourth-order valence-electron chi connectivity index (χ4n) is 3.40. The number of hydrogen-bond donors (Lipinski definition) is 1. The number of alkyl halides is 3. The van der Waals surface area contributed by atoms with Crippen LogP contribution in [0, 0.1) is 0 Å². The molecule has 4 rings (SSSR count). The van der Waals surface area contributed by atoms with Crippen LogP contribution in [0.15, 0.2) is 48.5 Å². The Hall–Kier alpha value is -2.71. The molecule has 0 radical (unpaired) electrons. The molecule has 5 nitrogen and oxygen atoms in total. The van der Waals surface area contributed by atoms with E-state index in [1.807, 2.05) is 24.3 Å². The number of rotatable bonds is 5. The van der Waals surface area contributed by atoms with Crippen molar-refractivity contribution in [3.8, 4) is 0 Å². The first-order valence-electron chi connectivity index (χ1n) is 9.45. The van der Waals surface area contributed by atoms with Crippen LogP contribution in [-0.2, 0) is 24.0 Å². The summed E-state index contributed by atoms with van der Waals surface area (Å²) in [5.74, 6) is -0.954. The lowest BCUT2D eigenvalue weighted by atomic mass is 10.1. The molecule has 1 aliphatic heterocycles. The number of aromatic nitrogens is 2. The van der Waals surface area contributed by atoms with Gasteiger partial charge in [-0.25, -0.2) is 9.97 Å². The molecule has 0 bridgehead atoms. The molecule has 0 aliphatic carbocycles. The lowest BCUT2D eigenvalue weighted by Crippen LogP contribution is -2.35. The number of morpholine rings is 1. The van der Waals surface area contributed by atoms with Gasteiger partial charge in [0.1, 0.15) is 5.82 Å². The summed E-state index contributed by atoms with van der Waals surface area (Å²) in [5.41, 5.74) is 2.42. The van der Waals surface area contributed by atoms with Gasteiger partial charge >= 0.3 is 6.18 Å². The minimum Gasteiger partial charge on any atom is -0.379 e. The number of nitrogens with one attached hydrogen (secondary N) is 1. The van der Waals surface area contributed by atoms with E-state index in [2.05, 4.69) is 20.2 Å². The van der Waals surface area contributed by atoms with Crippen LogP contribution in [0.5, 0.6) is 0 Å². The van der Waals surface area contributed by atoms with Crippen LogP contribution in [0.25, 0.3) is 10.9 Å². The van der Waals surface area contributed by atoms with E-state index in [0.717, 1.165) is 30.8 Å². The standard InChI is InChI=1S/C21H21F3N4O/c22-21(23,24)20-26-18-8-4-3-7-17(18)19(27-20)25-13-15-5-1-2-6-16(15)14-28-9-11-29-12-10-28/h1-8H,9-14H2,(H,25,26,27). The Morgan fingerprint density at radius 3 is 2.38 bits per heavy atom. The lowest BCUT2D eigenvalue weighted by Gasteiger charge is -2.27. The average molecular weight is 402 g/mol. The zero-order valence-electron chi connectivity index (χ0n) is 15.7. The van der Waals surface area contributed by atoms with Crippen molar-refractivity contribution < 1.29 is 17.9 Å². The van der Waals surface area contributed by atoms with Gasteiger partial charge in [-0.15, -0.1) is 0 Å². The first kappa shape index (κ1) is 19.6. The summed E-state index contributed by atoms with van der Waals surface area (Å²) in [6, 6.07) is 14.6. The first-order chi connectivity index (χ1) is 14.0. The molecule has 8 heteroatoms. The Morgan fingerprint density at radius 1 is 0.931 bits per heavy atom. The quantitative estimate of drug-likeness (QED) is 0.697. The summed E-state index contributed by atoms with van der Waals surface area (Å²) in [5, 5.41) is 3.66. The Labute approximate surface area is 166 Å². The van der Waals surface area contributed by atoms with E-state index in [9.17, 15) is 13.2 Å². The molecule has 1 saturated heterocycles. The summed E-state index contributed by atoms with van der Waals surface area (Å²) in [4.78, 5) is 9.73. The maximum absolute atomic E-state index is 13.2. The van der Waals surface area contributed by atoms with Gasteiger partial charge in [-0.05, 0) is 23.3 Å². The molecule has 0 saturated carbocycles. The van der Waals surface area contributed by atoms with Crippen molar-refractivity contribution in [1.82, 2.24) is 14.9 Å². The van der Waals surface area contributed by atoms with Crippen LogP contribution < -0.4 is 5.32 Å². The molecular weight excluding hydrogens is 381 g/mol. The second-order valence-electron chi connectivity index (χ2n) is 6.92. The molecule has 0 spiro atoms. The molecule has 29 heavy (non-hydrogen) atoms. The molecule has 2 heterocycles. The van der Waals surface area contributed by atoms with Gasteiger partial charge in [-0.3, -0.25) is 4.90 Å². The van der Waals surface area contributed by atoms with Crippen molar-refractivity contribution >= 4 is 16.7 Å². The third kappa shape index (κ3) is 4.65. The highest BCUT2D eigenvalue weighted by Crippen LogP contribution is 2.30. The van der Waals surface area contributed by atoms with Gasteiger partial charge in [-0.2, -0.15) is 13.2 Å². The predicted molar refractivity (Wildman–Crippen MR) is 104 cm³/mol. The number of para-hydroxylation sites is 1. The lowest BCUT2D eigenvalue weighted by molar-refractivity contribution is -0.144. The zero-order valence-corrected chi connectivity index (χ0v) is 15.7. The molecule has 0 atom stereocenters. The molecule has 1 aromatic heterocycles. The van der Waals surface area contributed by atoms with Gasteiger partial charge in [0.15, 0.2) is 0 Å². The molecule has 2 aromatic carbocycles. The van der Waals surface area contributed by atoms with E-state index in [1.165, 1.54) is 0 Å². The van der Waals surface area contributed by atoms with Gasteiger partial charge in [0.25, 0.3) is 0 Å². The number of ether oxygens (including phenoxy) is 1. The summed E-state index contributed by atoms with van der Waals surface area (Å²) in [6.07, 6.45) is -4.60. The Balaban J connectivity index is 1.58. The molecule has 0 unspecified atom stereocenters. The van der Waals surface area contributed by atoms with Gasteiger partial charge in [0.05, 0.1) is 18.7 Å². The third-order valence-electron chi connectivity index (χ3n) is 4.92. The van der Waals surface area contributed by atoms with Gasteiger partial charge in [-0.1, -0.05) is 36.4 Å². The normalized spacial score (nSPS) is 15.6. The predicted octanol–water partition coefficient (Wildman–Crippen LogP) is 4.09. The minimum atomic E-state index is -4.60. The monoisotopic (exact) mass is 402 g/mol. The molecule has 152 valence electrons. The first-order valence-corrected chi connectivity index (χ1v) is 9.45. The van der Waals surface area contributed by atoms with Crippen molar-refractivity contribution in [3.05, 3.63) is 65.5 Å². The fourth-order valence-corrected chi connectivity index (χ4v) is 3.40. The highest BCUT2D eigenvalue weighted by atomic mass is 19.4. The summed E-state index contributed by atoms with van der Waals surface area (Å²) in [6.45, 7) is 4.32. The highest BCUT2D eigenvalue weighted by Gasteiger charge is 2.35. The van der Waals surface area contributed by atoms with E-state index in [0.29, 0.717) is 25.1 Å². The largest absolute Gasteiger partial charge is 0.451 e. The second kappa shape index (κ2) is 8.34. The fraction of sp³-hybridized carbons (Fsp3) is 0.333. The number of nitrogens with zero attached hydrogens (tertiary/aromatic N) is 3. The molecule has 1 fully saturated rings. The van der Waals surface area contributed by atoms with E-state index < -0.39 is 12.0 Å². The highest BCUT2D eigenvalue weighted by molar-refractivity contribution is 5.89. The minimum absolute atomic E-state index is 0.184. The van der Waals surface area contributed by atoms with Crippen LogP contribution >= 0.6 is 0 Å². The SMILES string of the molecule is FC(F)(F)c1nc(NCc2ccccc2CN2CCOCC2)c2ccccc2n1. The Bertz CT molecular complexity index is 987. The summed E-state index contributed by atoms with van der Waals surface area (Å²) < 4.78 is 45.0. The molecule has 1 aliphatic rings. The smallest absolute Gasteiger partial charge is 0.379 e. The number of benzene rings is 2.